The van der Waals surface area contributed by atoms with Gasteiger partial charge in [0, 0.05) is 19.7 Å². The average Bonchev–Trinajstić information content (AvgIpc) is 2.34. The summed E-state index contributed by atoms with van der Waals surface area (Å²) in [5.41, 5.74) is 1.24. The standard InChI is InChI=1S/C14H21NO/c1-3-14(12-16-2)15-11-7-10-13-8-5-4-6-9-13/h4-10,14-15H,3,11-12H2,1-2H3. The Bertz CT molecular complexity index is 295. The van der Waals surface area contributed by atoms with Crippen LogP contribution < -0.4 is 5.32 Å². The van der Waals surface area contributed by atoms with Gasteiger partial charge in [0.15, 0.2) is 0 Å². The first-order valence-corrected chi connectivity index (χ1v) is 5.80. The van der Waals surface area contributed by atoms with Gasteiger partial charge in [-0.1, -0.05) is 49.4 Å². The molecule has 0 heterocycles. The Hall–Kier alpha value is -1.12. The summed E-state index contributed by atoms with van der Waals surface area (Å²) in [4.78, 5) is 0. The van der Waals surface area contributed by atoms with Gasteiger partial charge in [0.1, 0.15) is 0 Å². The van der Waals surface area contributed by atoms with Crippen molar-refractivity contribution < 1.29 is 4.74 Å². The quantitative estimate of drug-likeness (QED) is 0.761. The number of hydrogen-bond donors (Lipinski definition) is 1. The summed E-state index contributed by atoms with van der Waals surface area (Å²) in [5, 5.41) is 3.43. The van der Waals surface area contributed by atoms with Crippen LogP contribution >= 0.6 is 0 Å². The van der Waals surface area contributed by atoms with Gasteiger partial charge in [-0.3, -0.25) is 0 Å². The Morgan fingerprint density at radius 2 is 2.06 bits per heavy atom. The molecule has 1 N–H and O–H groups in total. The fraction of sp³-hybridized carbons (Fsp3) is 0.429. The first-order valence-electron chi connectivity index (χ1n) is 5.80. The fourth-order valence-electron chi connectivity index (χ4n) is 1.52. The summed E-state index contributed by atoms with van der Waals surface area (Å²) in [5.74, 6) is 0. The van der Waals surface area contributed by atoms with E-state index in [1.165, 1.54) is 5.56 Å². The van der Waals surface area contributed by atoms with Crippen molar-refractivity contribution in [2.24, 2.45) is 0 Å². The van der Waals surface area contributed by atoms with Gasteiger partial charge < -0.3 is 10.1 Å². The van der Waals surface area contributed by atoms with Crippen molar-refractivity contribution in [3.8, 4) is 0 Å². The Kier molecular flexibility index (Phi) is 6.54. The van der Waals surface area contributed by atoms with Crippen LogP contribution in [0.5, 0.6) is 0 Å². The van der Waals surface area contributed by atoms with Crippen LogP contribution in [0.4, 0.5) is 0 Å². The number of hydrogen-bond acceptors (Lipinski definition) is 2. The smallest absolute Gasteiger partial charge is 0.0615 e. The molecule has 1 unspecified atom stereocenters. The number of benzene rings is 1. The highest BCUT2D eigenvalue weighted by atomic mass is 16.5. The van der Waals surface area contributed by atoms with Gasteiger partial charge in [-0.15, -0.1) is 0 Å². The van der Waals surface area contributed by atoms with Gasteiger partial charge in [-0.2, -0.15) is 0 Å². The lowest BCUT2D eigenvalue weighted by molar-refractivity contribution is 0.166. The zero-order valence-corrected chi connectivity index (χ0v) is 10.1. The zero-order valence-electron chi connectivity index (χ0n) is 10.1. The van der Waals surface area contributed by atoms with Gasteiger partial charge >= 0.3 is 0 Å². The van der Waals surface area contributed by atoms with Crippen molar-refractivity contribution >= 4 is 6.08 Å². The molecule has 2 nitrogen and oxygen atoms in total. The molecule has 1 atom stereocenters. The van der Waals surface area contributed by atoms with Gasteiger partial charge in [-0.25, -0.2) is 0 Å². The molecule has 0 aliphatic carbocycles. The highest BCUT2D eigenvalue weighted by Crippen LogP contribution is 2.00. The molecule has 88 valence electrons. The minimum Gasteiger partial charge on any atom is -0.383 e. The fourth-order valence-corrected chi connectivity index (χ4v) is 1.52. The Balaban J connectivity index is 2.26. The summed E-state index contributed by atoms with van der Waals surface area (Å²) in [6, 6.07) is 10.8. The molecule has 0 bridgehead atoms. The molecule has 0 aliphatic heterocycles. The highest BCUT2D eigenvalue weighted by molar-refractivity contribution is 5.48. The van der Waals surface area contributed by atoms with Crippen LogP contribution in [0.1, 0.15) is 18.9 Å². The van der Waals surface area contributed by atoms with E-state index >= 15 is 0 Å². The van der Waals surface area contributed by atoms with Crippen LogP contribution in [-0.2, 0) is 4.74 Å². The third-order valence-electron chi connectivity index (χ3n) is 2.49. The predicted molar refractivity (Wildman–Crippen MR) is 69.4 cm³/mol. The molecule has 0 radical (unpaired) electrons. The van der Waals surface area contributed by atoms with Gasteiger partial charge in [-0.05, 0) is 12.0 Å². The van der Waals surface area contributed by atoms with Crippen LogP contribution in [0.2, 0.25) is 0 Å². The molecule has 0 aromatic heterocycles. The first-order chi connectivity index (χ1) is 7.86. The summed E-state index contributed by atoms with van der Waals surface area (Å²) >= 11 is 0. The van der Waals surface area contributed by atoms with Crippen LogP contribution in [0, 0.1) is 0 Å². The number of methoxy groups -OCH3 is 1. The molecule has 0 saturated carbocycles. The Morgan fingerprint density at radius 3 is 2.69 bits per heavy atom. The van der Waals surface area contributed by atoms with E-state index in [9.17, 15) is 0 Å². The van der Waals surface area contributed by atoms with Crippen LogP contribution in [-0.4, -0.2) is 26.3 Å². The second kappa shape index (κ2) is 8.08. The second-order valence-corrected chi connectivity index (χ2v) is 3.78. The maximum absolute atomic E-state index is 5.12. The molecular weight excluding hydrogens is 198 g/mol. The Morgan fingerprint density at radius 1 is 1.31 bits per heavy atom. The molecule has 0 spiro atoms. The second-order valence-electron chi connectivity index (χ2n) is 3.78. The average molecular weight is 219 g/mol. The monoisotopic (exact) mass is 219 g/mol. The van der Waals surface area contributed by atoms with E-state index < -0.39 is 0 Å². The van der Waals surface area contributed by atoms with Crippen LogP contribution in [0.25, 0.3) is 6.08 Å². The van der Waals surface area contributed by atoms with E-state index in [0.29, 0.717) is 6.04 Å². The van der Waals surface area contributed by atoms with Crippen LogP contribution in [0.15, 0.2) is 36.4 Å². The third-order valence-corrected chi connectivity index (χ3v) is 2.49. The van der Waals surface area contributed by atoms with Crippen molar-refractivity contribution in [2.45, 2.75) is 19.4 Å². The molecule has 0 aliphatic rings. The molecular formula is C14H21NO. The van der Waals surface area contributed by atoms with E-state index in [1.54, 1.807) is 7.11 Å². The third kappa shape index (κ3) is 5.10. The normalized spacial score (nSPS) is 13.1. The van der Waals surface area contributed by atoms with Crippen LogP contribution in [0.3, 0.4) is 0 Å². The minimum absolute atomic E-state index is 0.449. The summed E-state index contributed by atoms with van der Waals surface area (Å²) in [6.45, 7) is 3.82. The number of ether oxygens (including phenoxy) is 1. The van der Waals surface area contributed by atoms with E-state index in [1.807, 2.05) is 18.2 Å². The molecule has 2 heteroatoms. The minimum atomic E-state index is 0.449. The summed E-state index contributed by atoms with van der Waals surface area (Å²) < 4.78 is 5.12. The SMILES string of the molecule is CCC(COC)NCC=Cc1ccccc1. The molecule has 1 aromatic rings. The van der Waals surface area contributed by atoms with Gasteiger partial charge in [0.25, 0.3) is 0 Å². The zero-order chi connectivity index (χ0) is 11.6. The van der Waals surface area contributed by atoms with Crippen molar-refractivity contribution in [3.05, 3.63) is 42.0 Å². The largest absolute Gasteiger partial charge is 0.383 e. The molecule has 0 amide bonds. The molecule has 0 fully saturated rings. The Labute approximate surface area is 98.3 Å². The molecule has 16 heavy (non-hydrogen) atoms. The lowest BCUT2D eigenvalue weighted by Crippen LogP contribution is -2.32. The summed E-state index contributed by atoms with van der Waals surface area (Å²) in [7, 11) is 1.74. The maximum atomic E-state index is 5.12. The summed E-state index contributed by atoms with van der Waals surface area (Å²) in [6.07, 6.45) is 5.37. The molecule has 0 saturated heterocycles. The van der Waals surface area contributed by atoms with Crippen molar-refractivity contribution in [1.29, 1.82) is 0 Å². The number of rotatable bonds is 7. The van der Waals surface area contributed by atoms with E-state index in [-0.39, 0.29) is 0 Å². The van der Waals surface area contributed by atoms with E-state index in [4.69, 9.17) is 4.74 Å². The number of nitrogens with one attached hydrogen (secondary N) is 1. The lowest BCUT2D eigenvalue weighted by atomic mass is 10.2. The topological polar surface area (TPSA) is 21.3 Å². The van der Waals surface area contributed by atoms with Crippen molar-refractivity contribution in [1.82, 2.24) is 5.32 Å². The predicted octanol–water partition coefficient (Wildman–Crippen LogP) is 2.71. The van der Waals surface area contributed by atoms with Gasteiger partial charge in [0.2, 0.25) is 0 Å². The maximum Gasteiger partial charge on any atom is 0.0615 e. The van der Waals surface area contributed by atoms with Gasteiger partial charge in [0.05, 0.1) is 6.61 Å². The highest BCUT2D eigenvalue weighted by Gasteiger charge is 2.01. The molecule has 1 aromatic carbocycles. The van der Waals surface area contributed by atoms with E-state index in [2.05, 4.69) is 36.5 Å². The van der Waals surface area contributed by atoms with Crippen molar-refractivity contribution in [2.75, 3.05) is 20.3 Å². The van der Waals surface area contributed by atoms with Crippen molar-refractivity contribution in [3.63, 3.8) is 0 Å². The van der Waals surface area contributed by atoms with E-state index in [0.717, 1.165) is 19.6 Å². The first kappa shape index (κ1) is 12.9. The molecule has 1 rings (SSSR count). The lowest BCUT2D eigenvalue weighted by Gasteiger charge is -2.13.